The Morgan fingerprint density at radius 3 is 2.10 bits per heavy atom. The van der Waals surface area contributed by atoms with Crippen molar-refractivity contribution in [2.45, 2.75) is 26.4 Å². The van der Waals surface area contributed by atoms with Gasteiger partial charge in [-0.3, -0.25) is 4.18 Å². The van der Waals surface area contributed by atoms with Crippen LogP contribution in [0, 0.1) is 0 Å². The van der Waals surface area contributed by atoms with E-state index in [0.717, 1.165) is 0 Å². The van der Waals surface area contributed by atoms with E-state index in [1.54, 1.807) is 6.92 Å². The summed E-state index contributed by atoms with van der Waals surface area (Å²) in [6, 6.07) is 0. The molecule has 0 aromatic heterocycles. The third-order valence-electron chi connectivity index (χ3n) is 0.873. The van der Waals surface area contributed by atoms with Crippen LogP contribution in [0.25, 0.3) is 0 Å². The minimum absolute atomic E-state index is 0. The molecule has 0 bridgehead atoms. The summed E-state index contributed by atoms with van der Waals surface area (Å²) in [5, 5.41) is 4.56. The van der Waals surface area contributed by atoms with Crippen LogP contribution in [0.3, 0.4) is 0 Å². The first-order valence-corrected chi connectivity index (χ1v) is 4.14. The molecule has 0 aliphatic rings. The van der Waals surface area contributed by atoms with E-state index in [2.05, 4.69) is 9.32 Å². The van der Waals surface area contributed by atoms with Gasteiger partial charge in [0, 0.05) is 0 Å². The molecule has 1 atom stereocenters. The Kier molecular flexibility index (Phi) is 7.42. The molecule has 0 amide bonds. The van der Waals surface area contributed by atoms with Crippen molar-refractivity contribution in [2.24, 2.45) is 5.14 Å². The number of nitrogens with two attached hydrogens (primary N) is 1. The van der Waals surface area contributed by atoms with Crippen LogP contribution in [0.2, 0.25) is 0 Å². The Bertz CT molecular complexity index is 167. The molecule has 6 heteroatoms. The fourth-order valence-electron chi connectivity index (χ4n) is 0.297. The van der Waals surface area contributed by atoms with Crippen LogP contribution in [0.15, 0.2) is 0 Å². The van der Waals surface area contributed by atoms with Gasteiger partial charge in [-0.2, -0.15) is 8.42 Å². The first kappa shape index (κ1) is 13.5. The molecular formula is C4H12NNaO3S. The molecule has 0 saturated carbocycles. The molecule has 0 saturated heterocycles. The van der Waals surface area contributed by atoms with E-state index < -0.39 is 10.3 Å². The van der Waals surface area contributed by atoms with Crippen molar-refractivity contribution in [3.8, 4) is 0 Å². The van der Waals surface area contributed by atoms with Crippen LogP contribution in [0.4, 0.5) is 0 Å². The molecule has 0 rings (SSSR count). The quantitative estimate of drug-likeness (QED) is 0.583. The van der Waals surface area contributed by atoms with Crippen molar-refractivity contribution < 1.29 is 12.6 Å². The van der Waals surface area contributed by atoms with Crippen molar-refractivity contribution in [3.05, 3.63) is 0 Å². The summed E-state index contributed by atoms with van der Waals surface area (Å²) in [6.07, 6.45) is 0.316. The summed E-state index contributed by atoms with van der Waals surface area (Å²) in [4.78, 5) is 0. The molecule has 0 heterocycles. The summed E-state index contributed by atoms with van der Waals surface area (Å²) >= 11 is 0. The molecule has 58 valence electrons. The second-order valence-corrected chi connectivity index (χ2v) is 2.99. The summed E-state index contributed by atoms with van der Waals surface area (Å²) < 4.78 is 24.6. The SMILES string of the molecule is CCC(C)OS(N)(=O)=O.[NaH]. The van der Waals surface area contributed by atoms with Gasteiger partial charge < -0.3 is 0 Å². The van der Waals surface area contributed by atoms with E-state index in [-0.39, 0.29) is 35.7 Å². The molecule has 0 aliphatic heterocycles. The summed E-state index contributed by atoms with van der Waals surface area (Å²) in [7, 11) is -3.74. The van der Waals surface area contributed by atoms with Gasteiger partial charge in [-0.15, -0.1) is 0 Å². The van der Waals surface area contributed by atoms with Crippen molar-refractivity contribution in [2.75, 3.05) is 0 Å². The van der Waals surface area contributed by atoms with Gasteiger partial charge in [0.05, 0.1) is 6.10 Å². The molecule has 0 aromatic rings. The predicted octanol–water partition coefficient (Wildman–Crippen LogP) is -0.643. The van der Waals surface area contributed by atoms with E-state index in [1.807, 2.05) is 6.92 Å². The molecule has 0 radical (unpaired) electrons. The Hall–Kier alpha value is 0.870. The van der Waals surface area contributed by atoms with Crippen LogP contribution in [-0.4, -0.2) is 44.1 Å². The first-order chi connectivity index (χ1) is 3.95. The van der Waals surface area contributed by atoms with Crippen LogP contribution >= 0.6 is 0 Å². The number of hydrogen-bond donors (Lipinski definition) is 1. The van der Waals surface area contributed by atoms with Gasteiger partial charge >= 0.3 is 39.9 Å². The fourth-order valence-corrected chi connectivity index (χ4v) is 0.891. The van der Waals surface area contributed by atoms with Crippen molar-refractivity contribution in [1.29, 1.82) is 0 Å². The summed E-state index contributed by atoms with van der Waals surface area (Å²) in [5.41, 5.74) is 0. The minimum atomic E-state index is -3.74. The van der Waals surface area contributed by atoms with Crippen LogP contribution < -0.4 is 5.14 Å². The Balaban J connectivity index is 0. The van der Waals surface area contributed by atoms with Gasteiger partial charge in [0.25, 0.3) is 0 Å². The fraction of sp³-hybridized carbons (Fsp3) is 1.00. The van der Waals surface area contributed by atoms with Crippen molar-refractivity contribution in [1.82, 2.24) is 0 Å². The Labute approximate surface area is 83.7 Å². The summed E-state index contributed by atoms with van der Waals surface area (Å²) in [5.74, 6) is 0. The molecule has 0 aliphatic carbocycles. The van der Waals surface area contributed by atoms with Crippen LogP contribution in [0.1, 0.15) is 20.3 Å². The molecule has 0 spiro atoms. The van der Waals surface area contributed by atoms with E-state index in [1.165, 1.54) is 0 Å². The maximum absolute atomic E-state index is 10.2. The normalized spacial score (nSPS) is 13.9. The van der Waals surface area contributed by atoms with E-state index >= 15 is 0 Å². The average Bonchev–Trinajstić information content (AvgIpc) is 1.62. The predicted molar refractivity (Wildman–Crippen MR) is 41.1 cm³/mol. The van der Waals surface area contributed by atoms with Gasteiger partial charge in [-0.1, -0.05) is 6.92 Å². The van der Waals surface area contributed by atoms with Gasteiger partial charge in [-0.05, 0) is 13.3 Å². The molecule has 10 heavy (non-hydrogen) atoms. The molecule has 0 fully saturated rings. The van der Waals surface area contributed by atoms with Crippen LogP contribution in [-0.2, 0) is 14.5 Å². The zero-order chi connectivity index (χ0) is 7.49. The average molecular weight is 177 g/mol. The Morgan fingerprint density at radius 1 is 1.60 bits per heavy atom. The number of rotatable bonds is 3. The zero-order valence-corrected chi connectivity index (χ0v) is 6.31. The molecule has 1 unspecified atom stereocenters. The second-order valence-electron chi connectivity index (χ2n) is 1.81. The zero-order valence-electron chi connectivity index (χ0n) is 5.49. The van der Waals surface area contributed by atoms with Gasteiger partial charge in [-0.25, -0.2) is 5.14 Å². The van der Waals surface area contributed by atoms with E-state index in [4.69, 9.17) is 0 Å². The molecular weight excluding hydrogens is 165 g/mol. The maximum atomic E-state index is 10.2. The molecule has 0 aromatic carbocycles. The van der Waals surface area contributed by atoms with Gasteiger partial charge in [0.15, 0.2) is 0 Å². The van der Waals surface area contributed by atoms with Crippen molar-refractivity contribution in [3.63, 3.8) is 0 Å². The van der Waals surface area contributed by atoms with E-state index in [9.17, 15) is 8.42 Å². The third-order valence-corrected chi connectivity index (χ3v) is 1.47. The summed E-state index contributed by atoms with van der Waals surface area (Å²) in [6.45, 7) is 3.46. The van der Waals surface area contributed by atoms with Crippen molar-refractivity contribution >= 4 is 39.9 Å². The number of hydrogen-bond acceptors (Lipinski definition) is 3. The first-order valence-electron chi connectivity index (χ1n) is 2.66. The van der Waals surface area contributed by atoms with E-state index in [0.29, 0.717) is 6.42 Å². The third kappa shape index (κ3) is 8.87. The standard InChI is InChI=1S/C4H11NO3S.Na.H/c1-3-4(2)8-9(5,6)7;;/h4H,3H2,1-2H3,(H2,5,6,7);;. The monoisotopic (exact) mass is 177 g/mol. The Morgan fingerprint density at radius 2 is 2.00 bits per heavy atom. The van der Waals surface area contributed by atoms with Gasteiger partial charge in [0.1, 0.15) is 0 Å². The van der Waals surface area contributed by atoms with Crippen LogP contribution in [0.5, 0.6) is 0 Å². The molecule has 2 N–H and O–H groups in total. The second kappa shape index (κ2) is 5.51. The molecule has 4 nitrogen and oxygen atoms in total. The van der Waals surface area contributed by atoms with Gasteiger partial charge in [0.2, 0.25) is 0 Å². The topological polar surface area (TPSA) is 69.4 Å².